The van der Waals surface area contributed by atoms with Crippen LogP contribution in [0.25, 0.3) is 5.76 Å². The molecule has 36 heavy (non-hydrogen) atoms. The molecular formula is C26H32N4O6. The Bertz CT molecular complexity index is 1170. The first-order valence-corrected chi connectivity index (χ1v) is 12.2. The van der Waals surface area contributed by atoms with Gasteiger partial charge >= 0.3 is 5.97 Å². The molecular weight excluding hydrogens is 464 g/mol. The van der Waals surface area contributed by atoms with Crippen LogP contribution in [0, 0.1) is 13.8 Å². The summed E-state index contributed by atoms with van der Waals surface area (Å²) in [5, 5.41) is 11.4. The van der Waals surface area contributed by atoms with Crippen LogP contribution in [0.3, 0.4) is 0 Å². The van der Waals surface area contributed by atoms with Crippen LogP contribution < -0.4 is 0 Å². The minimum absolute atomic E-state index is 0.00168. The van der Waals surface area contributed by atoms with Crippen molar-refractivity contribution in [2.45, 2.75) is 33.2 Å². The molecule has 10 nitrogen and oxygen atoms in total. The molecule has 2 aromatic heterocycles. The Labute approximate surface area is 209 Å². The molecule has 2 aromatic rings. The lowest BCUT2D eigenvalue weighted by Gasteiger charge is -2.29. The molecule has 0 aliphatic carbocycles. The number of carbonyl (C=O) groups is 3. The maximum atomic E-state index is 13.3. The Hall–Kier alpha value is -3.50. The predicted octanol–water partition coefficient (Wildman–Crippen LogP) is 2.35. The lowest BCUT2D eigenvalue weighted by atomic mass is 9.94. The fourth-order valence-corrected chi connectivity index (χ4v) is 4.94. The van der Waals surface area contributed by atoms with Gasteiger partial charge in [-0.3, -0.25) is 19.5 Å². The van der Waals surface area contributed by atoms with Crippen LogP contribution in [0.5, 0.6) is 0 Å². The summed E-state index contributed by atoms with van der Waals surface area (Å²) in [5.41, 5.74) is 2.15. The van der Waals surface area contributed by atoms with Crippen molar-refractivity contribution >= 4 is 23.4 Å². The Kier molecular flexibility index (Phi) is 7.85. The van der Waals surface area contributed by atoms with E-state index in [0.717, 1.165) is 19.6 Å². The molecule has 0 aromatic carbocycles. The summed E-state index contributed by atoms with van der Waals surface area (Å²) >= 11 is 0. The quantitative estimate of drug-likeness (QED) is 0.247. The lowest BCUT2D eigenvalue weighted by Crippen LogP contribution is -2.38. The number of aromatic amines is 1. The number of aromatic nitrogens is 2. The van der Waals surface area contributed by atoms with Crippen molar-refractivity contribution in [2.24, 2.45) is 0 Å². The fraction of sp³-hybridized carbons (Fsp3) is 0.462. The third kappa shape index (κ3) is 4.91. The second-order valence-electron chi connectivity index (χ2n) is 8.93. The van der Waals surface area contributed by atoms with Crippen LogP contribution in [0.15, 0.2) is 30.1 Å². The Morgan fingerprint density at radius 1 is 1.19 bits per heavy atom. The van der Waals surface area contributed by atoms with Gasteiger partial charge in [0.25, 0.3) is 11.7 Å². The van der Waals surface area contributed by atoms with E-state index < -0.39 is 23.7 Å². The van der Waals surface area contributed by atoms with E-state index in [1.54, 1.807) is 45.3 Å². The van der Waals surface area contributed by atoms with Crippen molar-refractivity contribution in [2.75, 3.05) is 46.0 Å². The van der Waals surface area contributed by atoms with E-state index in [4.69, 9.17) is 9.47 Å². The van der Waals surface area contributed by atoms with Crippen LogP contribution >= 0.6 is 0 Å². The van der Waals surface area contributed by atoms with Gasteiger partial charge in [0.1, 0.15) is 11.5 Å². The van der Waals surface area contributed by atoms with Crippen molar-refractivity contribution in [3.8, 4) is 0 Å². The Morgan fingerprint density at radius 2 is 1.89 bits per heavy atom. The highest BCUT2D eigenvalue weighted by atomic mass is 16.5. The molecule has 2 aliphatic rings. The Morgan fingerprint density at radius 3 is 2.56 bits per heavy atom. The van der Waals surface area contributed by atoms with E-state index in [1.165, 1.54) is 4.90 Å². The molecule has 192 valence electrons. The molecule has 2 N–H and O–H groups in total. The van der Waals surface area contributed by atoms with Gasteiger partial charge in [0.15, 0.2) is 0 Å². The molecule has 4 rings (SSSR count). The maximum absolute atomic E-state index is 13.3. The normalized spacial score (nSPS) is 20.2. The number of pyridine rings is 1. The summed E-state index contributed by atoms with van der Waals surface area (Å²) in [4.78, 5) is 49.7. The maximum Gasteiger partial charge on any atom is 0.355 e. The van der Waals surface area contributed by atoms with Crippen LogP contribution in [-0.4, -0.2) is 88.5 Å². The highest BCUT2D eigenvalue weighted by Crippen LogP contribution is 2.40. The zero-order valence-electron chi connectivity index (χ0n) is 20.9. The molecule has 2 saturated heterocycles. The Balaban J connectivity index is 1.71. The number of hydrogen-bond acceptors (Lipinski definition) is 8. The summed E-state index contributed by atoms with van der Waals surface area (Å²) in [6.45, 7) is 9.45. The first kappa shape index (κ1) is 25.6. The highest BCUT2D eigenvalue weighted by Gasteiger charge is 2.46. The fourth-order valence-electron chi connectivity index (χ4n) is 4.94. The number of aliphatic hydroxyl groups excluding tert-OH is 1. The number of ketones is 1. The van der Waals surface area contributed by atoms with E-state index in [9.17, 15) is 19.5 Å². The largest absolute Gasteiger partial charge is 0.507 e. The number of morpholine rings is 1. The van der Waals surface area contributed by atoms with Gasteiger partial charge in [0, 0.05) is 49.8 Å². The number of nitrogens with zero attached hydrogens (tertiary/aromatic N) is 3. The van der Waals surface area contributed by atoms with Gasteiger partial charge in [0.2, 0.25) is 0 Å². The molecule has 1 atom stereocenters. The first-order valence-electron chi connectivity index (χ1n) is 12.2. The summed E-state index contributed by atoms with van der Waals surface area (Å²) in [6, 6.07) is 2.71. The predicted molar refractivity (Wildman–Crippen MR) is 131 cm³/mol. The van der Waals surface area contributed by atoms with Crippen molar-refractivity contribution in [1.82, 2.24) is 19.8 Å². The minimum Gasteiger partial charge on any atom is -0.507 e. The van der Waals surface area contributed by atoms with Gasteiger partial charge in [-0.15, -0.1) is 0 Å². The number of H-pyrrole nitrogens is 1. The van der Waals surface area contributed by atoms with E-state index in [1.807, 2.05) is 0 Å². The molecule has 0 spiro atoms. The van der Waals surface area contributed by atoms with Crippen LogP contribution in [-0.2, 0) is 19.1 Å². The van der Waals surface area contributed by atoms with E-state index in [-0.39, 0.29) is 23.6 Å². The van der Waals surface area contributed by atoms with Crippen LogP contribution in [0.1, 0.15) is 52.3 Å². The molecule has 2 fully saturated rings. The molecule has 1 amide bonds. The third-order valence-corrected chi connectivity index (χ3v) is 6.69. The molecule has 0 radical (unpaired) electrons. The van der Waals surface area contributed by atoms with Crippen LogP contribution in [0.4, 0.5) is 0 Å². The van der Waals surface area contributed by atoms with Gasteiger partial charge in [-0.1, -0.05) is 0 Å². The van der Waals surface area contributed by atoms with Crippen molar-refractivity contribution < 1.29 is 29.0 Å². The topological polar surface area (TPSA) is 125 Å². The third-order valence-electron chi connectivity index (χ3n) is 6.69. The standard InChI is InChI=1S/C26H32N4O6/c1-4-36-26(34)21-16(2)19(17(3)28-21)23(31)20-22(18-6-8-27-9-7-18)30(25(33)24(20)32)11-5-10-29-12-14-35-15-13-29/h6-9,22,28,31H,4-5,10-15H2,1-3H3/t22-/m0/s1. The van der Waals surface area contributed by atoms with E-state index in [0.29, 0.717) is 48.6 Å². The molecule has 0 saturated carbocycles. The highest BCUT2D eigenvalue weighted by molar-refractivity contribution is 6.46. The van der Waals surface area contributed by atoms with Crippen molar-refractivity contribution in [3.63, 3.8) is 0 Å². The monoisotopic (exact) mass is 496 g/mol. The summed E-state index contributed by atoms with van der Waals surface area (Å²) < 4.78 is 10.5. The summed E-state index contributed by atoms with van der Waals surface area (Å²) in [5.74, 6) is -2.27. The number of carbonyl (C=O) groups excluding carboxylic acids is 3. The number of aliphatic hydroxyl groups is 1. The average molecular weight is 497 g/mol. The average Bonchev–Trinajstić information content (AvgIpc) is 3.32. The van der Waals surface area contributed by atoms with E-state index >= 15 is 0 Å². The second kappa shape index (κ2) is 11.0. The lowest BCUT2D eigenvalue weighted by molar-refractivity contribution is -0.140. The van der Waals surface area contributed by atoms with Gasteiger partial charge in [-0.2, -0.15) is 0 Å². The summed E-state index contributed by atoms with van der Waals surface area (Å²) in [6.07, 6.45) is 3.85. The number of ether oxygens (including phenoxy) is 2. The summed E-state index contributed by atoms with van der Waals surface area (Å²) in [7, 11) is 0. The van der Waals surface area contributed by atoms with Gasteiger partial charge < -0.3 is 24.5 Å². The number of esters is 1. The number of hydrogen-bond donors (Lipinski definition) is 2. The number of likely N-dealkylation sites (tertiary alicyclic amines) is 1. The molecule has 4 heterocycles. The minimum atomic E-state index is -0.766. The molecule has 2 aliphatic heterocycles. The number of Topliss-reactive ketones (excluding diaryl/α,β-unsaturated/α-hetero) is 1. The van der Waals surface area contributed by atoms with Gasteiger partial charge in [0.05, 0.1) is 31.4 Å². The van der Waals surface area contributed by atoms with Gasteiger partial charge in [-0.25, -0.2) is 4.79 Å². The SMILES string of the molecule is CCOC(=O)c1[nH]c(C)c(C(O)=C2C(=O)C(=O)N(CCCN3CCOCC3)[C@H]2c2ccncc2)c1C. The second-order valence-corrected chi connectivity index (χ2v) is 8.93. The van der Waals surface area contributed by atoms with E-state index in [2.05, 4.69) is 14.9 Å². The van der Waals surface area contributed by atoms with Crippen molar-refractivity contribution in [1.29, 1.82) is 0 Å². The zero-order valence-corrected chi connectivity index (χ0v) is 20.9. The van der Waals surface area contributed by atoms with Gasteiger partial charge in [-0.05, 0) is 50.5 Å². The first-order chi connectivity index (χ1) is 17.3. The number of rotatable bonds is 8. The molecule has 10 heteroatoms. The number of aryl methyl sites for hydroxylation is 1. The van der Waals surface area contributed by atoms with Crippen molar-refractivity contribution in [3.05, 3.63) is 58.2 Å². The van der Waals surface area contributed by atoms with Crippen LogP contribution in [0.2, 0.25) is 0 Å². The smallest absolute Gasteiger partial charge is 0.355 e. The number of amides is 1. The number of nitrogens with one attached hydrogen (secondary N) is 1. The zero-order chi connectivity index (χ0) is 25.8. The molecule has 0 bridgehead atoms. The molecule has 0 unspecified atom stereocenters.